The molecule has 2 aromatic heterocycles. The van der Waals surface area contributed by atoms with Crippen molar-refractivity contribution in [2.45, 2.75) is 37.1 Å². The standard InChI is InChI=1S/C29H32N4O4S/c1-19-4-6-20(7-5-19)16-27(34)33-14-11-21(12-15-33)31-26-9-8-22(38(3,36)37)17-24(26)25-18-32(2)29(35)28-23(25)10-13-30-28/h4-10,13,17-18,21,30-31H,11-12,14-16H2,1-3H3. The molecule has 4 aromatic rings. The summed E-state index contributed by atoms with van der Waals surface area (Å²) in [6, 6.07) is 15.1. The Morgan fingerprint density at radius 3 is 2.45 bits per heavy atom. The van der Waals surface area contributed by atoms with Gasteiger partial charge in [0.1, 0.15) is 5.52 Å². The number of nitrogens with one attached hydrogen (secondary N) is 2. The van der Waals surface area contributed by atoms with Gasteiger partial charge in [-0.25, -0.2) is 8.42 Å². The second kappa shape index (κ2) is 10.1. The number of carbonyl (C=O) groups is 1. The van der Waals surface area contributed by atoms with Crippen molar-refractivity contribution in [3.8, 4) is 11.1 Å². The topological polar surface area (TPSA) is 104 Å². The van der Waals surface area contributed by atoms with Crippen molar-refractivity contribution >= 4 is 32.3 Å². The molecule has 9 heteroatoms. The molecule has 1 fully saturated rings. The van der Waals surface area contributed by atoms with E-state index in [0.29, 0.717) is 30.6 Å². The van der Waals surface area contributed by atoms with Crippen molar-refractivity contribution < 1.29 is 13.2 Å². The second-order valence-corrected chi connectivity index (χ2v) is 12.2. The number of aromatic amines is 1. The molecule has 1 saturated heterocycles. The number of nitrogens with zero attached hydrogens (tertiary/aromatic N) is 2. The minimum absolute atomic E-state index is 0.121. The van der Waals surface area contributed by atoms with E-state index in [1.54, 1.807) is 37.6 Å². The van der Waals surface area contributed by atoms with Gasteiger partial charge in [0.15, 0.2) is 9.84 Å². The summed E-state index contributed by atoms with van der Waals surface area (Å²) in [5, 5.41) is 4.34. The van der Waals surface area contributed by atoms with Gasteiger partial charge in [0.25, 0.3) is 5.56 Å². The Bertz CT molecular complexity index is 1660. The van der Waals surface area contributed by atoms with Crippen LogP contribution in [0.3, 0.4) is 0 Å². The summed E-state index contributed by atoms with van der Waals surface area (Å²) in [6.07, 6.45) is 6.60. The third-order valence-electron chi connectivity index (χ3n) is 7.29. The number of sulfone groups is 1. The molecule has 0 unspecified atom stereocenters. The Morgan fingerprint density at radius 1 is 1.05 bits per heavy atom. The first-order valence-electron chi connectivity index (χ1n) is 12.7. The molecule has 1 aliphatic heterocycles. The summed E-state index contributed by atoms with van der Waals surface area (Å²) in [5.41, 5.74) is 4.79. The van der Waals surface area contributed by atoms with E-state index < -0.39 is 9.84 Å². The Labute approximate surface area is 222 Å². The number of carbonyl (C=O) groups excluding carboxylic acids is 1. The number of aromatic nitrogens is 2. The van der Waals surface area contributed by atoms with Crippen LogP contribution in [-0.4, -0.2) is 54.2 Å². The highest BCUT2D eigenvalue weighted by atomic mass is 32.2. The SMILES string of the molecule is Cc1ccc(CC(=O)N2CCC(Nc3ccc(S(C)(=O)=O)cc3-c3cn(C)c(=O)c4[nH]ccc34)CC2)cc1. The van der Waals surface area contributed by atoms with Crippen LogP contribution in [0.15, 0.2) is 70.6 Å². The fourth-order valence-electron chi connectivity index (χ4n) is 5.07. The third kappa shape index (κ3) is 5.24. The zero-order valence-electron chi connectivity index (χ0n) is 21.8. The molecule has 5 rings (SSSR count). The fourth-order valence-corrected chi connectivity index (χ4v) is 5.72. The van der Waals surface area contributed by atoms with Crippen LogP contribution in [0, 0.1) is 6.92 Å². The van der Waals surface area contributed by atoms with Crippen molar-refractivity contribution in [3.05, 3.63) is 82.4 Å². The summed E-state index contributed by atoms with van der Waals surface area (Å²) in [6.45, 7) is 3.34. The summed E-state index contributed by atoms with van der Waals surface area (Å²) in [4.78, 5) is 30.6. The smallest absolute Gasteiger partial charge is 0.274 e. The van der Waals surface area contributed by atoms with E-state index in [1.165, 1.54) is 16.4 Å². The minimum Gasteiger partial charge on any atom is -0.382 e. The summed E-state index contributed by atoms with van der Waals surface area (Å²) < 4.78 is 26.3. The van der Waals surface area contributed by atoms with E-state index >= 15 is 0 Å². The van der Waals surface area contributed by atoms with Crippen molar-refractivity contribution in [2.75, 3.05) is 24.7 Å². The van der Waals surface area contributed by atoms with Gasteiger partial charge in [-0.2, -0.15) is 0 Å². The second-order valence-electron chi connectivity index (χ2n) is 10.2. The van der Waals surface area contributed by atoms with E-state index in [9.17, 15) is 18.0 Å². The van der Waals surface area contributed by atoms with Crippen LogP contribution in [0.5, 0.6) is 0 Å². The molecular formula is C29H32N4O4S. The number of pyridine rings is 1. The normalized spacial score (nSPS) is 14.7. The molecule has 0 aliphatic carbocycles. The molecule has 3 heterocycles. The minimum atomic E-state index is -3.43. The zero-order valence-corrected chi connectivity index (χ0v) is 22.6. The number of likely N-dealkylation sites (tertiary alicyclic amines) is 1. The maximum Gasteiger partial charge on any atom is 0.274 e. The first-order valence-corrected chi connectivity index (χ1v) is 14.6. The molecule has 2 N–H and O–H groups in total. The average molecular weight is 533 g/mol. The van der Waals surface area contributed by atoms with Gasteiger partial charge in [-0.1, -0.05) is 29.8 Å². The van der Waals surface area contributed by atoms with Crippen LogP contribution in [0.2, 0.25) is 0 Å². The van der Waals surface area contributed by atoms with Crippen molar-refractivity contribution in [2.24, 2.45) is 7.05 Å². The summed E-state index contributed by atoms with van der Waals surface area (Å²) >= 11 is 0. The van der Waals surface area contributed by atoms with Crippen molar-refractivity contribution in [3.63, 3.8) is 0 Å². The highest BCUT2D eigenvalue weighted by Gasteiger charge is 2.24. The number of anilines is 1. The van der Waals surface area contributed by atoms with Gasteiger partial charge in [-0.15, -0.1) is 0 Å². The number of benzene rings is 2. The van der Waals surface area contributed by atoms with Crippen LogP contribution in [-0.2, 0) is 28.1 Å². The third-order valence-corrected chi connectivity index (χ3v) is 8.40. The molecule has 1 amide bonds. The number of piperidine rings is 1. The van der Waals surface area contributed by atoms with Crippen LogP contribution >= 0.6 is 0 Å². The van der Waals surface area contributed by atoms with E-state index in [-0.39, 0.29) is 22.4 Å². The maximum absolute atomic E-state index is 12.9. The number of hydrogen-bond acceptors (Lipinski definition) is 5. The maximum atomic E-state index is 12.9. The van der Waals surface area contributed by atoms with E-state index in [1.807, 2.05) is 42.2 Å². The number of fused-ring (bicyclic) bond motifs is 1. The van der Waals surface area contributed by atoms with Crippen LogP contribution in [0.25, 0.3) is 22.0 Å². The molecule has 0 spiro atoms. The molecule has 0 bridgehead atoms. The van der Waals surface area contributed by atoms with E-state index in [0.717, 1.165) is 35.0 Å². The van der Waals surface area contributed by atoms with E-state index in [2.05, 4.69) is 10.3 Å². The molecule has 0 radical (unpaired) electrons. The van der Waals surface area contributed by atoms with Gasteiger partial charge >= 0.3 is 0 Å². The van der Waals surface area contributed by atoms with Gasteiger partial charge in [0.2, 0.25) is 5.91 Å². The van der Waals surface area contributed by atoms with Gasteiger partial charge in [0.05, 0.1) is 11.3 Å². The molecule has 0 atom stereocenters. The lowest BCUT2D eigenvalue weighted by atomic mass is 9.99. The van der Waals surface area contributed by atoms with Crippen LogP contribution < -0.4 is 10.9 Å². The van der Waals surface area contributed by atoms with E-state index in [4.69, 9.17) is 0 Å². The Morgan fingerprint density at radius 2 is 1.76 bits per heavy atom. The fraction of sp³-hybridized carbons (Fsp3) is 0.310. The largest absolute Gasteiger partial charge is 0.382 e. The molecule has 38 heavy (non-hydrogen) atoms. The highest BCUT2D eigenvalue weighted by molar-refractivity contribution is 7.90. The van der Waals surface area contributed by atoms with Crippen LogP contribution in [0.4, 0.5) is 5.69 Å². The van der Waals surface area contributed by atoms with Gasteiger partial charge in [-0.3, -0.25) is 9.59 Å². The molecule has 2 aromatic carbocycles. The van der Waals surface area contributed by atoms with Gasteiger partial charge in [0, 0.05) is 67.0 Å². The Kier molecular flexibility index (Phi) is 6.88. The number of H-pyrrole nitrogens is 1. The molecule has 198 valence electrons. The van der Waals surface area contributed by atoms with Crippen LogP contribution in [0.1, 0.15) is 24.0 Å². The summed E-state index contributed by atoms with van der Waals surface area (Å²) in [5.74, 6) is 0.130. The lowest BCUT2D eigenvalue weighted by Crippen LogP contribution is -2.43. The quantitative estimate of drug-likeness (QED) is 0.392. The average Bonchev–Trinajstić information content (AvgIpc) is 3.38. The molecule has 0 saturated carbocycles. The first-order chi connectivity index (χ1) is 18.1. The number of hydrogen-bond donors (Lipinski definition) is 2. The molecule has 1 aliphatic rings. The first kappa shape index (κ1) is 25.8. The molecule has 8 nitrogen and oxygen atoms in total. The zero-order chi connectivity index (χ0) is 27.0. The summed E-state index contributed by atoms with van der Waals surface area (Å²) in [7, 11) is -1.75. The Balaban J connectivity index is 1.38. The number of aryl methyl sites for hydroxylation is 2. The Hall–Kier alpha value is -3.85. The predicted molar refractivity (Wildman–Crippen MR) is 150 cm³/mol. The van der Waals surface area contributed by atoms with Crippen molar-refractivity contribution in [1.82, 2.24) is 14.5 Å². The van der Waals surface area contributed by atoms with Gasteiger partial charge in [-0.05, 0) is 49.6 Å². The lowest BCUT2D eigenvalue weighted by Gasteiger charge is -2.33. The number of rotatable bonds is 6. The lowest BCUT2D eigenvalue weighted by molar-refractivity contribution is -0.131. The monoisotopic (exact) mass is 532 g/mol. The molecular weight excluding hydrogens is 500 g/mol. The number of amides is 1. The highest BCUT2D eigenvalue weighted by Crippen LogP contribution is 2.35. The van der Waals surface area contributed by atoms with Gasteiger partial charge < -0.3 is 19.8 Å². The van der Waals surface area contributed by atoms with Crippen molar-refractivity contribution in [1.29, 1.82) is 0 Å². The predicted octanol–water partition coefficient (Wildman–Crippen LogP) is 3.89.